The number of benzene rings is 3. The van der Waals surface area contributed by atoms with Crippen LogP contribution in [0.1, 0.15) is 65.2 Å². The molecule has 6 heteroatoms. The highest BCUT2D eigenvalue weighted by atomic mass is 16.3. The van der Waals surface area contributed by atoms with Gasteiger partial charge in [-0.2, -0.15) is 0 Å². The number of nitrogens with zero attached hydrogens (tertiary/aromatic N) is 2. The molecule has 0 bridgehead atoms. The summed E-state index contributed by atoms with van der Waals surface area (Å²) in [7, 11) is 0. The Bertz CT molecular complexity index is 1190. The summed E-state index contributed by atoms with van der Waals surface area (Å²) in [6.45, 7) is 13.8. The standard InChI is InChI=1S/C15H12N2O.C7H6O3.3C2H6.CH4/c1-11-16-14-10-6-5-9-13(14)15(18)17(11)12-7-3-2-4-8-12;8-4-5-2-1-3-6(9)7(5)10;3*1-2;/h2-10H,1H3;1-4,9-10H;3*1-2H3;1H4. The largest absolute Gasteiger partial charge is 0.504 e. The molecule has 0 saturated carbocycles. The van der Waals surface area contributed by atoms with Gasteiger partial charge in [0.1, 0.15) is 5.82 Å². The molecule has 0 aliphatic rings. The number of hydrogen-bond donors (Lipinski definition) is 2. The Morgan fingerprint density at radius 2 is 1.31 bits per heavy atom. The molecule has 35 heavy (non-hydrogen) atoms. The number of para-hydroxylation sites is 3. The molecule has 0 fully saturated rings. The van der Waals surface area contributed by atoms with Gasteiger partial charge in [-0.1, -0.05) is 85.4 Å². The van der Waals surface area contributed by atoms with Gasteiger partial charge in [-0.05, 0) is 43.3 Å². The SMILES string of the molecule is C.CC.CC.CC.Cc1nc2ccccc2c(=O)n1-c1ccccc1.O=Cc1cccc(O)c1O. The van der Waals surface area contributed by atoms with Crippen LogP contribution in [0.15, 0.2) is 77.6 Å². The van der Waals surface area contributed by atoms with Crippen molar-refractivity contribution < 1.29 is 15.0 Å². The predicted molar refractivity (Wildman–Crippen MR) is 148 cm³/mol. The molecule has 0 aliphatic carbocycles. The number of aromatic nitrogens is 2. The maximum atomic E-state index is 12.5. The Morgan fingerprint density at radius 1 is 0.771 bits per heavy atom. The normalized spacial score (nSPS) is 8.66. The van der Waals surface area contributed by atoms with Crippen LogP contribution < -0.4 is 5.56 Å². The number of rotatable bonds is 2. The van der Waals surface area contributed by atoms with E-state index >= 15 is 0 Å². The third-order valence-electron chi connectivity index (χ3n) is 4.13. The van der Waals surface area contributed by atoms with Crippen LogP contribution in [0.5, 0.6) is 11.5 Å². The highest BCUT2D eigenvalue weighted by Gasteiger charge is 2.08. The van der Waals surface area contributed by atoms with Crippen LogP contribution in [0.2, 0.25) is 0 Å². The molecule has 1 aromatic heterocycles. The Balaban J connectivity index is 0. The minimum absolute atomic E-state index is 0. The van der Waals surface area contributed by atoms with Gasteiger partial charge in [-0.15, -0.1) is 0 Å². The first-order valence-corrected chi connectivity index (χ1v) is 11.5. The van der Waals surface area contributed by atoms with Gasteiger partial charge in [0.15, 0.2) is 17.8 Å². The second kappa shape index (κ2) is 18.5. The molecule has 2 N–H and O–H groups in total. The van der Waals surface area contributed by atoms with E-state index in [0.717, 1.165) is 11.2 Å². The topological polar surface area (TPSA) is 92.4 Å². The summed E-state index contributed by atoms with van der Waals surface area (Å²) in [6.07, 6.45) is 0.481. The third kappa shape index (κ3) is 9.08. The molecule has 3 aromatic carbocycles. The average molecular weight is 481 g/mol. The first-order valence-electron chi connectivity index (χ1n) is 11.5. The van der Waals surface area contributed by atoms with Crippen LogP contribution in [0, 0.1) is 6.92 Å². The predicted octanol–water partition coefficient (Wildman–Crippen LogP) is 7.32. The number of hydrogen-bond acceptors (Lipinski definition) is 5. The van der Waals surface area contributed by atoms with E-state index < -0.39 is 0 Å². The fourth-order valence-electron chi connectivity index (χ4n) is 2.77. The molecule has 0 spiro atoms. The molecule has 190 valence electrons. The highest BCUT2D eigenvalue weighted by molar-refractivity contribution is 5.80. The van der Waals surface area contributed by atoms with E-state index in [0.29, 0.717) is 17.5 Å². The van der Waals surface area contributed by atoms with Crippen LogP contribution in [0.3, 0.4) is 0 Å². The van der Waals surface area contributed by atoms with E-state index in [1.165, 1.54) is 18.2 Å². The zero-order valence-electron chi connectivity index (χ0n) is 21.1. The third-order valence-corrected chi connectivity index (χ3v) is 4.13. The molecule has 0 atom stereocenters. The molecule has 1 heterocycles. The summed E-state index contributed by atoms with van der Waals surface area (Å²) in [5.41, 5.74) is 1.66. The minimum Gasteiger partial charge on any atom is -0.504 e. The maximum absolute atomic E-state index is 12.5. The summed E-state index contributed by atoms with van der Waals surface area (Å²) >= 11 is 0. The molecule has 0 unspecified atom stereocenters. The first kappa shape index (κ1) is 33.2. The Labute approximate surface area is 209 Å². The van der Waals surface area contributed by atoms with E-state index in [-0.39, 0.29) is 30.0 Å². The van der Waals surface area contributed by atoms with Gasteiger partial charge in [0, 0.05) is 0 Å². The summed E-state index contributed by atoms with van der Waals surface area (Å²) < 4.78 is 1.64. The zero-order valence-corrected chi connectivity index (χ0v) is 21.1. The van der Waals surface area contributed by atoms with Crippen LogP contribution in [0.4, 0.5) is 0 Å². The lowest BCUT2D eigenvalue weighted by molar-refractivity contribution is 0.112. The Kier molecular flexibility index (Phi) is 17.6. The Morgan fingerprint density at radius 3 is 1.86 bits per heavy atom. The Hall–Kier alpha value is -3.93. The lowest BCUT2D eigenvalue weighted by Crippen LogP contribution is -2.22. The molecule has 6 nitrogen and oxygen atoms in total. The number of carbonyl (C=O) groups is 1. The number of aryl methyl sites for hydroxylation is 1. The summed E-state index contributed by atoms with van der Waals surface area (Å²) in [6, 6.07) is 21.2. The number of phenols is 2. The van der Waals surface area contributed by atoms with Gasteiger partial charge in [0.05, 0.1) is 22.2 Å². The molecule has 0 radical (unpaired) electrons. The van der Waals surface area contributed by atoms with Crippen molar-refractivity contribution >= 4 is 17.2 Å². The van der Waals surface area contributed by atoms with E-state index in [4.69, 9.17) is 10.2 Å². The van der Waals surface area contributed by atoms with Gasteiger partial charge >= 0.3 is 0 Å². The van der Waals surface area contributed by atoms with Crippen molar-refractivity contribution in [1.29, 1.82) is 0 Å². The number of fused-ring (bicyclic) bond motifs is 1. The summed E-state index contributed by atoms with van der Waals surface area (Å²) in [5.74, 6) is 0.0620. The van der Waals surface area contributed by atoms with Crippen molar-refractivity contribution in [1.82, 2.24) is 9.55 Å². The van der Waals surface area contributed by atoms with Crippen LogP contribution in [-0.4, -0.2) is 26.1 Å². The molecule has 0 amide bonds. The van der Waals surface area contributed by atoms with Crippen LogP contribution in [0.25, 0.3) is 16.6 Å². The highest BCUT2D eigenvalue weighted by Crippen LogP contribution is 2.26. The second-order valence-corrected chi connectivity index (χ2v) is 5.99. The summed E-state index contributed by atoms with van der Waals surface area (Å²) in [4.78, 5) is 27.1. The zero-order chi connectivity index (χ0) is 26.1. The number of carbonyl (C=O) groups excluding carboxylic acids is 1. The quantitative estimate of drug-likeness (QED) is 0.232. The minimum atomic E-state index is -0.363. The van der Waals surface area contributed by atoms with E-state index in [2.05, 4.69) is 4.98 Å². The molecule has 0 saturated heterocycles. The van der Waals surface area contributed by atoms with Crippen molar-refractivity contribution in [3.63, 3.8) is 0 Å². The molecule has 4 rings (SSSR count). The molecule has 4 aromatic rings. The monoisotopic (exact) mass is 480 g/mol. The average Bonchev–Trinajstić information content (AvgIpc) is 2.90. The van der Waals surface area contributed by atoms with Crippen molar-refractivity contribution in [3.05, 3.63) is 94.5 Å². The fourth-order valence-corrected chi connectivity index (χ4v) is 2.77. The van der Waals surface area contributed by atoms with E-state index in [1.807, 2.05) is 103 Å². The van der Waals surface area contributed by atoms with E-state index in [1.54, 1.807) is 4.57 Å². The first-order chi connectivity index (χ1) is 16.5. The van der Waals surface area contributed by atoms with E-state index in [9.17, 15) is 9.59 Å². The van der Waals surface area contributed by atoms with Crippen molar-refractivity contribution in [2.75, 3.05) is 0 Å². The molecular weight excluding hydrogens is 440 g/mol. The number of phenolic OH excluding ortho intramolecular Hbond substituents is 2. The van der Waals surface area contributed by atoms with Crippen molar-refractivity contribution in [3.8, 4) is 17.2 Å². The fraction of sp³-hybridized carbons (Fsp3) is 0.276. The van der Waals surface area contributed by atoms with Gasteiger partial charge in [-0.3, -0.25) is 14.2 Å². The van der Waals surface area contributed by atoms with Gasteiger partial charge in [0.2, 0.25) is 0 Å². The summed E-state index contributed by atoms with van der Waals surface area (Å²) in [5, 5.41) is 18.4. The van der Waals surface area contributed by atoms with Gasteiger partial charge in [-0.25, -0.2) is 4.98 Å². The van der Waals surface area contributed by atoms with Gasteiger partial charge in [0.25, 0.3) is 5.56 Å². The lowest BCUT2D eigenvalue weighted by Gasteiger charge is -2.10. The van der Waals surface area contributed by atoms with Crippen LogP contribution in [-0.2, 0) is 0 Å². The molecule has 0 aliphatic heterocycles. The van der Waals surface area contributed by atoms with Crippen molar-refractivity contribution in [2.24, 2.45) is 0 Å². The number of aldehydes is 1. The van der Waals surface area contributed by atoms with Crippen molar-refractivity contribution in [2.45, 2.75) is 55.9 Å². The number of aromatic hydroxyl groups is 2. The van der Waals surface area contributed by atoms with Crippen LogP contribution >= 0.6 is 0 Å². The van der Waals surface area contributed by atoms with Gasteiger partial charge < -0.3 is 10.2 Å². The second-order valence-electron chi connectivity index (χ2n) is 5.99. The smallest absolute Gasteiger partial charge is 0.265 e. The maximum Gasteiger partial charge on any atom is 0.265 e. The molecular formula is C29H40N2O4. The lowest BCUT2D eigenvalue weighted by atomic mass is 10.2.